The standard InChI is InChI=1S/C18H18N2O/c1-21-18-11-9-17(10-12-18)20-14-13-16(19-20)8-7-15-5-3-2-4-6-15/h2-6,9-14H,7-8H2,1H3. The van der Waals surface area contributed by atoms with Crippen molar-refractivity contribution in [2.24, 2.45) is 0 Å². The third-order valence-corrected chi connectivity index (χ3v) is 3.49. The second-order valence-corrected chi connectivity index (χ2v) is 4.94. The summed E-state index contributed by atoms with van der Waals surface area (Å²) in [6.45, 7) is 0. The van der Waals surface area contributed by atoms with E-state index in [9.17, 15) is 0 Å². The number of aryl methyl sites for hydroxylation is 2. The molecular weight excluding hydrogens is 260 g/mol. The number of hydrogen-bond donors (Lipinski definition) is 0. The van der Waals surface area contributed by atoms with Crippen LogP contribution in [0.5, 0.6) is 5.75 Å². The molecule has 2 aromatic carbocycles. The molecule has 3 aromatic rings. The average molecular weight is 278 g/mol. The monoisotopic (exact) mass is 278 g/mol. The number of ether oxygens (including phenoxy) is 1. The van der Waals surface area contributed by atoms with Crippen molar-refractivity contribution in [3.05, 3.63) is 78.1 Å². The van der Waals surface area contributed by atoms with E-state index in [2.05, 4.69) is 35.4 Å². The van der Waals surface area contributed by atoms with E-state index in [4.69, 9.17) is 4.74 Å². The summed E-state index contributed by atoms with van der Waals surface area (Å²) in [7, 11) is 1.67. The van der Waals surface area contributed by atoms with Crippen LogP contribution >= 0.6 is 0 Å². The molecule has 0 spiro atoms. The Balaban J connectivity index is 1.68. The van der Waals surface area contributed by atoms with Crippen molar-refractivity contribution < 1.29 is 4.74 Å². The first-order chi connectivity index (χ1) is 10.3. The lowest BCUT2D eigenvalue weighted by atomic mass is 10.1. The lowest BCUT2D eigenvalue weighted by Crippen LogP contribution is -1.97. The highest BCUT2D eigenvalue weighted by Gasteiger charge is 2.02. The molecule has 3 nitrogen and oxygen atoms in total. The van der Waals surface area contributed by atoms with Crippen molar-refractivity contribution in [2.75, 3.05) is 7.11 Å². The van der Waals surface area contributed by atoms with Gasteiger partial charge in [-0.2, -0.15) is 5.10 Å². The van der Waals surface area contributed by atoms with Crippen LogP contribution in [0.4, 0.5) is 0 Å². The molecule has 0 saturated carbocycles. The maximum atomic E-state index is 5.17. The molecule has 21 heavy (non-hydrogen) atoms. The van der Waals surface area contributed by atoms with Crippen molar-refractivity contribution >= 4 is 0 Å². The molecule has 0 atom stereocenters. The van der Waals surface area contributed by atoms with E-state index >= 15 is 0 Å². The molecule has 3 rings (SSSR count). The smallest absolute Gasteiger partial charge is 0.119 e. The third-order valence-electron chi connectivity index (χ3n) is 3.49. The van der Waals surface area contributed by atoms with Crippen LogP contribution in [0.2, 0.25) is 0 Å². The summed E-state index contributed by atoms with van der Waals surface area (Å²) in [5.41, 5.74) is 3.49. The van der Waals surface area contributed by atoms with Crippen molar-refractivity contribution in [2.45, 2.75) is 12.8 Å². The zero-order chi connectivity index (χ0) is 14.5. The first kappa shape index (κ1) is 13.4. The van der Waals surface area contributed by atoms with E-state index in [1.54, 1.807) is 7.11 Å². The Bertz CT molecular complexity index is 687. The Morgan fingerprint density at radius 3 is 2.38 bits per heavy atom. The van der Waals surface area contributed by atoms with Gasteiger partial charge in [0, 0.05) is 6.20 Å². The molecule has 1 heterocycles. The second kappa shape index (κ2) is 6.27. The van der Waals surface area contributed by atoms with Crippen LogP contribution in [0, 0.1) is 0 Å². The fraction of sp³-hybridized carbons (Fsp3) is 0.167. The maximum absolute atomic E-state index is 5.17. The second-order valence-electron chi connectivity index (χ2n) is 4.94. The fourth-order valence-corrected chi connectivity index (χ4v) is 2.29. The lowest BCUT2D eigenvalue weighted by molar-refractivity contribution is 0.414. The normalized spacial score (nSPS) is 10.5. The summed E-state index contributed by atoms with van der Waals surface area (Å²) >= 11 is 0. The van der Waals surface area contributed by atoms with E-state index in [0.717, 1.165) is 30.0 Å². The van der Waals surface area contributed by atoms with Gasteiger partial charge >= 0.3 is 0 Å². The number of aromatic nitrogens is 2. The minimum absolute atomic E-state index is 0.857. The van der Waals surface area contributed by atoms with Gasteiger partial charge in [0.15, 0.2) is 0 Å². The number of benzene rings is 2. The van der Waals surface area contributed by atoms with Gasteiger partial charge in [0.1, 0.15) is 5.75 Å². The molecule has 0 radical (unpaired) electrons. The quantitative estimate of drug-likeness (QED) is 0.712. The number of rotatable bonds is 5. The highest BCUT2D eigenvalue weighted by molar-refractivity contribution is 5.36. The Kier molecular flexibility index (Phi) is 4.01. The Morgan fingerprint density at radius 2 is 1.67 bits per heavy atom. The summed E-state index contributed by atoms with van der Waals surface area (Å²) in [5, 5.41) is 4.63. The van der Waals surface area contributed by atoms with E-state index in [1.807, 2.05) is 41.2 Å². The molecule has 0 aliphatic carbocycles. The zero-order valence-electron chi connectivity index (χ0n) is 12.1. The molecule has 0 unspecified atom stereocenters. The SMILES string of the molecule is COc1ccc(-n2ccc(CCc3ccccc3)n2)cc1. The van der Waals surface area contributed by atoms with Gasteiger partial charge in [-0.25, -0.2) is 4.68 Å². The minimum Gasteiger partial charge on any atom is -0.497 e. The van der Waals surface area contributed by atoms with E-state index < -0.39 is 0 Å². The number of nitrogens with zero attached hydrogens (tertiary/aromatic N) is 2. The molecule has 0 saturated heterocycles. The first-order valence-electron chi connectivity index (χ1n) is 7.08. The molecule has 3 heteroatoms. The number of methoxy groups -OCH3 is 1. The molecule has 106 valence electrons. The van der Waals surface area contributed by atoms with Crippen molar-refractivity contribution in [3.8, 4) is 11.4 Å². The summed E-state index contributed by atoms with van der Waals surface area (Å²) < 4.78 is 7.07. The molecule has 0 aliphatic heterocycles. The summed E-state index contributed by atoms with van der Waals surface area (Å²) in [5.74, 6) is 0.857. The highest BCUT2D eigenvalue weighted by atomic mass is 16.5. The third kappa shape index (κ3) is 3.31. The van der Waals surface area contributed by atoms with Gasteiger partial charge in [0.05, 0.1) is 18.5 Å². The van der Waals surface area contributed by atoms with Gasteiger partial charge < -0.3 is 4.74 Å². The van der Waals surface area contributed by atoms with Crippen LogP contribution in [0.25, 0.3) is 5.69 Å². The van der Waals surface area contributed by atoms with Crippen molar-refractivity contribution in [1.29, 1.82) is 0 Å². The van der Waals surface area contributed by atoms with Gasteiger partial charge in [0.2, 0.25) is 0 Å². The largest absolute Gasteiger partial charge is 0.497 e. The molecule has 0 fully saturated rings. The Morgan fingerprint density at radius 1 is 0.905 bits per heavy atom. The van der Waals surface area contributed by atoms with E-state index in [0.29, 0.717) is 0 Å². The van der Waals surface area contributed by atoms with Gasteiger partial charge in [-0.05, 0) is 48.7 Å². The van der Waals surface area contributed by atoms with Gasteiger partial charge in [-0.3, -0.25) is 0 Å². The van der Waals surface area contributed by atoms with Crippen LogP contribution in [0.15, 0.2) is 66.9 Å². The van der Waals surface area contributed by atoms with E-state index in [-0.39, 0.29) is 0 Å². The summed E-state index contributed by atoms with van der Waals surface area (Å²) in [4.78, 5) is 0. The summed E-state index contributed by atoms with van der Waals surface area (Å²) in [6.07, 6.45) is 3.97. The minimum atomic E-state index is 0.857. The number of hydrogen-bond acceptors (Lipinski definition) is 2. The first-order valence-corrected chi connectivity index (χ1v) is 7.08. The fourth-order valence-electron chi connectivity index (χ4n) is 2.29. The van der Waals surface area contributed by atoms with Crippen LogP contribution in [0.1, 0.15) is 11.3 Å². The summed E-state index contributed by atoms with van der Waals surface area (Å²) in [6, 6.07) is 20.5. The molecule has 0 amide bonds. The van der Waals surface area contributed by atoms with Crippen molar-refractivity contribution in [3.63, 3.8) is 0 Å². The molecule has 0 bridgehead atoms. The van der Waals surface area contributed by atoms with Gasteiger partial charge in [-0.1, -0.05) is 30.3 Å². The van der Waals surface area contributed by atoms with Crippen LogP contribution in [-0.4, -0.2) is 16.9 Å². The van der Waals surface area contributed by atoms with Crippen LogP contribution in [0.3, 0.4) is 0 Å². The molecule has 0 N–H and O–H groups in total. The van der Waals surface area contributed by atoms with Crippen LogP contribution in [-0.2, 0) is 12.8 Å². The zero-order valence-corrected chi connectivity index (χ0v) is 12.1. The molecular formula is C18H18N2O. The highest BCUT2D eigenvalue weighted by Crippen LogP contribution is 2.15. The Labute approximate surface area is 124 Å². The van der Waals surface area contributed by atoms with Gasteiger partial charge in [0.25, 0.3) is 0 Å². The van der Waals surface area contributed by atoms with Gasteiger partial charge in [-0.15, -0.1) is 0 Å². The molecule has 0 aliphatic rings. The predicted molar refractivity (Wildman–Crippen MR) is 84.0 cm³/mol. The Hall–Kier alpha value is -2.55. The van der Waals surface area contributed by atoms with Crippen LogP contribution < -0.4 is 4.74 Å². The lowest BCUT2D eigenvalue weighted by Gasteiger charge is -2.03. The van der Waals surface area contributed by atoms with Crippen molar-refractivity contribution in [1.82, 2.24) is 9.78 Å². The predicted octanol–water partition coefficient (Wildman–Crippen LogP) is 3.67. The average Bonchev–Trinajstić information content (AvgIpc) is 3.03. The maximum Gasteiger partial charge on any atom is 0.119 e. The topological polar surface area (TPSA) is 27.1 Å². The van der Waals surface area contributed by atoms with E-state index in [1.165, 1.54) is 5.56 Å². The molecule has 1 aromatic heterocycles.